The Hall–Kier alpha value is -3.03. The summed E-state index contributed by atoms with van der Waals surface area (Å²) in [6, 6.07) is 17.1. The lowest BCUT2D eigenvalue weighted by atomic mass is 9.98. The maximum absolute atomic E-state index is 13.1. The van der Waals surface area contributed by atoms with Gasteiger partial charge in [0.15, 0.2) is 4.77 Å². The third-order valence-corrected chi connectivity index (χ3v) is 6.72. The zero-order valence-corrected chi connectivity index (χ0v) is 19.1. The molecule has 1 amide bonds. The molecule has 0 spiro atoms. The molecule has 0 radical (unpaired) electrons. The van der Waals surface area contributed by atoms with E-state index in [4.69, 9.17) is 12.2 Å². The molecule has 1 unspecified atom stereocenters. The number of hydrogen-bond acceptors (Lipinski definition) is 4. The van der Waals surface area contributed by atoms with Gasteiger partial charge >= 0.3 is 0 Å². The Kier molecular flexibility index (Phi) is 5.89. The smallest absolute Gasteiger partial charge is 0.261 e. The first kappa shape index (κ1) is 21.2. The number of H-pyrrole nitrogens is 1. The molecule has 158 valence electrons. The third-order valence-electron chi connectivity index (χ3n) is 5.40. The summed E-state index contributed by atoms with van der Waals surface area (Å²) < 4.78 is 1.70. The van der Waals surface area contributed by atoms with Crippen LogP contribution in [-0.2, 0) is 7.05 Å². The fourth-order valence-electron chi connectivity index (χ4n) is 3.51. The molecule has 0 aliphatic rings. The number of hydrogen-bond donors (Lipinski definition) is 2. The first-order valence-corrected chi connectivity index (χ1v) is 11.3. The third kappa shape index (κ3) is 4.24. The second-order valence-corrected chi connectivity index (χ2v) is 9.16. The van der Waals surface area contributed by atoms with E-state index in [9.17, 15) is 9.59 Å². The maximum atomic E-state index is 13.1. The minimum atomic E-state index is -0.258. The summed E-state index contributed by atoms with van der Waals surface area (Å²) in [4.78, 5) is 29.6. The van der Waals surface area contributed by atoms with Crippen LogP contribution in [0.15, 0.2) is 64.8 Å². The number of aromatic nitrogens is 2. The highest BCUT2D eigenvalue weighted by atomic mass is 32.1. The van der Waals surface area contributed by atoms with Crippen LogP contribution in [0.1, 0.15) is 52.2 Å². The highest BCUT2D eigenvalue weighted by molar-refractivity contribution is 7.71. The number of nitrogens with zero attached hydrogens (tertiary/aromatic N) is 1. The Morgan fingerprint density at radius 1 is 1.10 bits per heavy atom. The molecule has 2 heterocycles. The molecule has 1 atom stereocenters. The molecule has 5 nitrogen and oxygen atoms in total. The van der Waals surface area contributed by atoms with Crippen molar-refractivity contribution in [2.75, 3.05) is 0 Å². The van der Waals surface area contributed by atoms with Gasteiger partial charge in [-0.1, -0.05) is 44.2 Å². The van der Waals surface area contributed by atoms with E-state index in [2.05, 4.69) is 48.4 Å². The molecule has 0 bridgehead atoms. The van der Waals surface area contributed by atoms with Crippen LogP contribution < -0.4 is 10.9 Å². The number of benzene rings is 2. The fraction of sp³-hybridized carbons (Fsp3) is 0.208. The van der Waals surface area contributed by atoms with Gasteiger partial charge in [-0.25, -0.2) is 0 Å². The molecule has 0 saturated carbocycles. The fourth-order valence-corrected chi connectivity index (χ4v) is 4.50. The van der Waals surface area contributed by atoms with Crippen LogP contribution in [0.2, 0.25) is 0 Å². The molecule has 0 fully saturated rings. The lowest BCUT2D eigenvalue weighted by molar-refractivity contribution is 0.0943. The normalized spacial score (nSPS) is 12.3. The quantitative estimate of drug-likeness (QED) is 0.406. The molecular weight excluding hydrogens is 426 g/mol. The van der Waals surface area contributed by atoms with Crippen molar-refractivity contribution >= 4 is 40.4 Å². The number of carbonyl (C=O) groups excluding carboxylic acids is 1. The predicted octanol–water partition coefficient (Wildman–Crippen LogP) is 5.30. The minimum absolute atomic E-state index is 0.188. The topological polar surface area (TPSA) is 66.9 Å². The summed E-state index contributed by atoms with van der Waals surface area (Å²) in [5.41, 5.74) is 3.11. The van der Waals surface area contributed by atoms with Crippen LogP contribution in [0.25, 0.3) is 10.9 Å². The van der Waals surface area contributed by atoms with Crippen molar-refractivity contribution in [2.45, 2.75) is 25.8 Å². The van der Waals surface area contributed by atoms with Crippen molar-refractivity contribution < 1.29 is 4.79 Å². The first-order valence-electron chi connectivity index (χ1n) is 10.0. The van der Waals surface area contributed by atoms with Gasteiger partial charge in [-0.2, -0.15) is 0 Å². The van der Waals surface area contributed by atoms with E-state index in [1.54, 1.807) is 36.6 Å². The molecule has 4 aromatic rings. The number of rotatable bonds is 5. The summed E-state index contributed by atoms with van der Waals surface area (Å²) in [6.07, 6.45) is 0. The van der Waals surface area contributed by atoms with Gasteiger partial charge in [-0.15, -0.1) is 11.3 Å². The van der Waals surface area contributed by atoms with E-state index in [-0.39, 0.29) is 17.5 Å². The van der Waals surface area contributed by atoms with E-state index >= 15 is 0 Å². The van der Waals surface area contributed by atoms with E-state index in [1.807, 2.05) is 17.5 Å². The average molecular weight is 450 g/mol. The zero-order valence-electron chi connectivity index (χ0n) is 17.5. The van der Waals surface area contributed by atoms with Crippen molar-refractivity contribution in [2.24, 2.45) is 7.05 Å². The minimum Gasteiger partial charge on any atom is -0.340 e. The average Bonchev–Trinajstić information content (AvgIpc) is 3.30. The van der Waals surface area contributed by atoms with Gasteiger partial charge in [-0.3, -0.25) is 14.2 Å². The van der Waals surface area contributed by atoms with E-state index < -0.39 is 0 Å². The van der Waals surface area contributed by atoms with Gasteiger partial charge in [0.1, 0.15) is 0 Å². The Morgan fingerprint density at radius 2 is 1.81 bits per heavy atom. The second-order valence-electron chi connectivity index (χ2n) is 7.80. The lowest BCUT2D eigenvalue weighted by Crippen LogP contribution is -2.29. The molecule has 2 aromatic carbocycles. The Balaban J connectivity index is 1.69. The van der Waals surface area contributed by atoms with E-state index in [0.717, 1.165) is 10.4 Å². The summed E-state index contributed by atoms with van der Waals surface area (Å²) in [5, 5.41) is 5.65. The van der Waals surface area contributed by atoms with Gasteiger partial charge in [0, 0.05) is 17.5 Å². The van der Waals surface area contributed by atoms with Crippen molar-refractivity contribution in [3.8, 4) is 0 Å². The highest BCUT2D eigenvalue weighted by Gasteiger charge is 2.19. The van der Waals surface area contributed by atoms with Crippen LogP contribution in [0.5, 0.6) is 0 Å². The molecule has 7 heteroatoms. The van der Waals surface area contributed by atoms with Crippen molar-refractivity contribution in [3.05, 3.63) is 96.7 Å². The SMILES string of the molecule is CC(C)c1ccc(C(NC(=O)c2ccc3c(=O)n(C)c(=S)[nH]c3c2)c2cccs2)cc1. The highest BCUT2D eigenvalue weighted by Crippen LogP contribution is 2.28. The van der Waals surface area contributed by atoms with Crippen LogP contribution in [0, 0.1) is 4.77 Å². The van der Waals surface area contributed by atoms with Crippen LogP contribution in [0.4, 0.5) is 0 Å². The number of carbonyl (C=O) groups is 1. The maximum Gasteiger partial charge on any atom is 0.261 e. The van der Waals surface area contributed by atoms with Crippen molar-refractivity contribution in [1.29, 1.82) is 0 Å². The summed E-state index contributed by atoms with van der Waals surface area (Å²) in [5.74, 6) is 0.230. The number of thiophene rings is 1. The van der Waals surface area contributed by atoms with Gasteiger partial charge in [0.05, 0.1) is 16.9 Å². The zero-order chi connectivity index (χ0) is 22.1. The van der Waals surface area contributed by atoms with Crippen LogP contribution in [-0.4, -0.2) is 15.5 Å². The van der Waals surface area contributed by atoms with Gasteiger partial charge in [0.25, 0.3) is 11.5 Å². The monoisotopic (exact) mass is 449 g/mol. The largest absolute Gasteiger partial charge is 0.340 e. The molecule has 0 aliphatic heterocycles. The molecular formula is C24H23N3O2S2. The Morgan fingerprint density at radius 3 is 2.45 bits per heavy atom. The summed E-state index contributed by atoms with van der Waals surface area (Å²) in [7, 11) is 1.62. The molecule has 2 aromatic heterocycles. The second kappa shape index (κ2) is 8.61. The first-order chi connectivity index (χ1) is 14.8. The van der Waals surface area contributed by atoms with Crippen molar-refractivity contribution in [1.82, 2.24) is 14.9 Å². The van der Waals surface area contributed by atoms with Crippen LogP contribution >= 0.6 is 23.6 Å². The Bertz CT molecular complexity index is 1350. The van der Waals surface area contributed by atoms with Gasteiger partial charge < -0.3 is 10.3 Å². The summed E-state index contributed by atoms with van der Waals surface area (Å²) >= 11 is 6.80. The number of fused-ring (bicyclic) bond motifs is 1. The van der Waals surface area contributed by atoms with E-state index in [1.165, 1.54) is 10.1 Å². The van der Waals surface area contributed by atoms with Gasteiger partial charge in [-0.05, 0) is 58.9 Å². The lowest BCUT2D eigenvalue weighted by Gasteiger charge is -2.19. The predicted molar refractivity (Wildman–Crippen MR) is 129 cm³/mol. The van der Waals surface area contributed by atoms with E-state index in [0.29, 0.717) is 27.2 Å². The number of amides is 1. The molecule has 31 heavy (non-hydrogen) atoms. The molecule has 2 N–H and O–H groups in total. The number of nitrogens with one attached hydrogen (secondary N) is 2. The standard InChI is InChI=1S/C24H23N3O2S2/c1-14(2)15-6-8-16(9-7-15)21(20-5-4-12-31-20)26-22(28)17-10-11-18-19(13-17)25-24(30)27(3)23(18)29/h4-14,21H,1-3H3,(H,25,30)(H,26,28). The molecule has 4 rings (SSSR count). The number of aromatic amines is 1. The summed E-state index contributed by atoms with van der Waals surface area (Å²) in [6.45, 7) is 4.32. The van der Waals surface area contributed by atoms with Crippen molar-refractivity contribution in [3.63, 3.8) is 0 Å². The Labute approximate surface area is 189 Å². The van der Waals surface area contributed by atoms with Gasteiger partial charge in [0.2, 0.25) is 0 Å². The molecule has 0 saturated heterocycles. The molecule has 0 aliphatic carbocycles. The van der Waals surface area contributed by atoms with Crippen LogP contribution in [0.3, 0.4) is 0 Å².